The van der Waals surface area contributed by atoms with Crippen molar-refractivity contribution in [3.05, 3.63) is 71.9 Å². The first-order chi connectivity index (χ1) is 12.6. The minimum atomic E-state index is 0.0524. The van der Waals surface area contributed by atoms with Crippen LogP contribution >= 0.6 is 12.2 Å². The molecule has 0 aliphatic heterocycles. The van der Waals surface area contributed by atoms with Crippen LogP contribution in [-0.4, -0.2) is 21.9 Å². The number of aromatic nitrogens is 2. The lowest BCUT2D eigenvalue weighted by Crippen LogP contribution is -2.09. The van der Waals surface area contributed by atoms with Gasteiger partial charge in [-0.3, -0.25) is 0 Å². The number of ether oxygens (including phenoxy) is 1. The molecule has 5 nitrogen and oxygen atoms in total. The molecule has 0 aliphatic carbocycles. The van der Waals surface area contributed by atoms with Gasteiger partial charge in [0.05, 0.1) is 18.4 Å². The van der Waals surface area contributed by atoms with Crippen molar-refractivity contribution >= 4 is 23.3 Å². The summed E-state index contributed by atoms with van der Waals surface area (Å²) in [5, 5.41) is 14.0. The minimum absolute atomic E-state index is 0.0524. The monoisotopic (exact) mass is 360 g/mol. The number of methoxy groups -OCH3 is 1. The van der Waals surface area contributed by atoms with Gasteiger partial charge in [0.25, 0.3) is 0 Å². The van der Waals surface area contributed by atoms with Gasteiger partial charge in [0.2, 0.25) is 0 Å². The fraction of sp³-hybridized carbons (Fsp3) is 0.0500. The lowest BCUT2D eigenvalue weighted by molar-refractivity contribution is 0.415. The van der Waals surface area contributed by atoms with Gasteiger partial charge in [-0.1, -0.05) is 42.5 Å². The van der Waals surface area contributed by atoms with Crippen molar-refractivity contribution in [1.82, 2.24) is 9.78 Å². The summed E-state index contributed by atoms with van der Waals surface area (Å²) >= 11 is 4.95. The van der Waals surface area contributed by atoms with E-state index in [4.69, 9.17) is 27.8 Å². The van der Waals surface area contributed by atoms with Crippen molar-refractivity contribution in [3.63, 3.8) is 0 Å². The Hall–Kier alpha value is -3.43. The molecule has 0 bridgehead atoms. The maximum Gasteiger partial charge on any atom is 0.119 e. The van der Waals surface area contributed by atoms with Crippen LogP contribution < -0.4 is 10.5 Å². The minimum Gasteiger partial charge on any atom is -0.497 e. The van der Waals surface area contributed by atoms with Crippen LogP contribution in [-0.2, 0) is 0 Å². The molecule has 0 saturated heterocycles. The van der Waals surface area contributed by atoms with Crippen LogP contribution in [0.25, 0.3) is 23.0 Å². The van der Waals surface area contributed by atoms with Gasteiger partial charge in [0.15, 0.2) is 0 Å². The molecular weight excluding hydrogens is 344 g/mol. The highest BCUT2D eigenvalue weighted by molar-refractivity contribution is 7.80. The third-order valence-corrected chi connectivity index (χ3v) is 4.01. The van der Waals surface area contributed by atoms with Gasteiger partial charge in [-0.05, 0) is 30.3 Å². The Labute approximate surface area is 156 Å². The van der Waals surface area contributed by atoms with Crippen molar-refractivity contribution in [2.24, 2.45) is 5.73 Å². The number of rotatable bonds is 5. The molecule has 0 radical (unpaired) electrons. The Morgan fingerprint density at radius 2 is 2.00 bits per heavy atom. The lowest BCUT2D eigenvalue weighted by Gasteiger charge is -2.03. The number of benzene rings is 2. The number of hydrogen-bond acceptors (Lipinski definition) is 4. The summed E-state index contributed by atoms with van der Waals surface area (Å²) in [4.78, 5) is 0.0524. The fourth-order valence-electron chi connectivity index (χ4n) is 2.51. The molecule has 1 aromatic heterocycles. The van der Waals surface area contributed by atoms with Gasteiger partial charge in [-0.2, -0.15) is 10.4 Å². The van der Waals surface area contributed by atoms with Crippen LogP contribution in [0.1, 0.15) is 5.56 Å². The van der Waals surface area contributed by atoms with E-state index in [9.17, 15) is 5.26 Å². The Balaban J connectivity index is 2.19. The molecule has 0 unspecified atom stereocenters. The molecule has 2 aromatic carbocycles. The first-order valence-corrected chi connectivity index (χ1v) is 8.24. The van der Waals surface area contributed by atoms with Crippen LogP contribution in [0.5, 0.6) is 5.75 Å². The quantitative estimate of drug-likeness (QED) is 0.426. The predicted octanol–water partition coefficient (Wildman–Crippen LogP) is 3.74. The zero-order valence-electron chi connectivity index (χ0n) is 14.1. The van der Waals surface area contributed by atoms with E-state index in [1.807, 2.05) is 66.9 Å². The molecule has 0 aliphatic rings. The largest absolute Gasteiger partial charge is 0.497 e. The molecule has 0 amide bonds. The lowest BCUT2D eigenvalue weighted by atomic mass is 10.1. The highest BCUT2D eigenvalue weighted by atomic mass is 32.1. The number of thiocarbonyl (C=S) groups is 1. The molecule has 0 saturated carbocycles. The van der Waals surface area contributed by atoms with Gasteiger partial charge in [-0.25, -0.2) is 4.68 Å². The molecule has 26 heavy (non-hydrogen) atoms. The average molecular weight is 360 g/mol. The summed E-state index contributed by atoms with van der Waals surface area (Å²) in [5.74, 6) is 0.724. The van der Waals surface area contributed by atoms with Crippen LogP contribution in [0.3, 0.4) is 0 Å². The van der Waals surface area contributed by atoms with Crippen molar-refractivity contribution in [2.45, 2.75) is 0 Å². The van der Waals surface area contributed by atoms with Crippen molar-refractivity contribution < 1.29 is 4.74 Å². The molecule has 3 aromatic rings. The molecule has 3 rings (SSSR count). The smallest absolute Gasteiger partial charge is 0.119 e. The summed E-state index contributed by atoms with van der Waals surface area (Å²) in [7, 11) is 1.61. The topological polar surface area (TPSA) is 76.9 Å². The van der Waals surface area contributed by atoms with Crippen LogP contribution in [0.15, 0.2) is 66.4 Å². The summed E-state index contributed by atoms with van der Waals surface area (Å²) < 4.78 is 7.06. The number of nitriles is 1. The second kappa shape index (κ2) is 7.64. The standard InChI is InChI=1S/C20H16N4OS/c1-25-18-9-5-6-14(11-18)19-16(10-15(12-21)20(22)26)13-24(23-19)17-7-3-2-4-8-17/h2-11,13H,1H3,(H2,22,26)/b15-10+. The molecule has 0 atom stereocenters. The Bertz CT molecular complexity index is 1020. The average Bonchev–Trinajstić information content (AvgIpc) is 3.10. The van der Waals surface area contributed by atoms with E-state index in [0.29, 0.717) is 5.69 Å². The zero-order chi connectivity index (χ0) is 18.5. The second-order valence-electron chi connectivity index (χ2n) is 5.48. The number of hydrogen-bond donors (Lipinski definition) is 1. The summed E-state index contributed by atoms with van der Waals surface area (Å²) in [6, 6.07) is 19.3. The molecule has 128 valence electrons. The van der Waals surface area contributed by atoms with E-state index in [2.05, 4.69) is 0 Å². The van der Waals surface area contributed by atoms with E-state index in [1.54, 1.807) is 17.9 Å². The van der Waals surface area contributed by atoms with Crippen LogP contribution in [0.2, 0.25) is 0 Å². The predicted molar refractivity (Wildman–Crippen MR) is 106 cm³/mol. The van der Waals surface area contributed by atoms with Gasteiger partial charge < -0.3 is 10.5 Å². The second-order valence-corrected chi connectivity index (χ2v) is 5.92. The summed E-state index contributed by atoms with van der Waals surface area (Å²) in [5.41, 5.74) is 9.10. The SMILES string of the molecule is COc1cccc(-c2nn(-c3ccccc3)cc2/C=C(\C#N)C(N)=S)c1. The third-order valence-electron chi connectivity index (χ3n) is 3.79. The van der Waals surface area contributed by atoms with E-state index in [0.717, 1.165) is 22.6 Å². The van der Waals surface area contributed by atoms with Crippen LogP contribution in [0, 0.1) is 11.3 Å². The van der Waals surface area contributed by atoms with E-state index < -0.39 is 0 Å². The normalized spacial score (nSPS) is 11.0. The van der Waals surface area contributed by atoms with Gasteiger partial charge in [0.1, 0.15) is 22.5 Å². The zero-order valence-corrected chi connectivity index (χ0v) is 14.9. The van der Waals surface area contributed by atoms with E-state index in [-0.39, 0.29) is 10.6 Å². The number of para-hydroxylation sites is 1. The maximum atomic E-state index is 9.29. The van der Waals surface area contributed by atoms with E-state index in [1.165, 1.54) is 0 Å². The van der Waals surface area contributed by atoms with Crippen molar-refractivity contribution in [1.29, 1.82) is 5.26 Å². The fourth-order valence-corrected chi connectivity index (χ4v) is 2.62. The highest BCUT2D eigenvalue weighted by Gasteiger charge is 2.13. The first kappa shape index (κ1) is 17.4. The van der Waals surface area contributed by atoms with Gasteiger partial charge in [0, 0.05) is 17.3 Å². The number of nitrogens with zero attached hydrogens (tertiary/aromatic N) is 3. The van der Waals surface area contributed by atoms with Crippen molar-refractivity contribution in [3.8, 4) is 28.8 Å². The summed E-state index contributed by atoms with van der Waals surface area (Å²) in [6.45, 7) is 0. The molecule has 0 fully saturated rings. The highest BCUT2D eigenvalue weighted by Crippen LogP contribution is 2.28. The Morgan fingerprint density at radius 3 is 2.65 bits per heavy atom. The molecule has 6 heteroatoms. The van der Waals surface area contributed by atoms with Crippen molar-refractivity contribution in [2.75, 3.05) is 7.11 Å². The summed E-state index contributed by atoms with van der Waals surface area (Å²) in [6.07, 6.45) is 3.50. The van der Waals surface area contributed by atoms with E-state index >= 15 is 0 Å². The van der Waals surface area contributed by atoms with Gasteiger partial charge >= 0.3 is 0 Å². The Morgan fingerprint density at radius 1 is 1.23 bits per heavy atom. The molecule has 1 heterocycles. The molecule has 0 spiro atoms. The van der Waals surface area contributed by atoms with Crippen LogP contribution in [0.4, 0.5) is 0 Å². The third kappa shape index (κ3) is 3.63. The molecular formula is C20H16N4OS. The van der Waals surface area contributed by atoms with Gasteiger partial charge in [-0.15, -0.1) is 0 Å². The first-order valence-electron chi connectivity index (χ1n) is 7.83. The molecule has 2 N–H and O–H groups in total. The number of nitrogens with two attached hydrogens (primary N) is 1. The Kier molecular flexibility index (Phi) is 5.11. The maximum absolute atomic E-state index is 9.29.